The van der Waals surface area contributed by atoms with Crippen LogP contribution < -0.4 is 20.9 Å². The van der Waals surface area contributed by atoms with Crippen LogP contribution in [0.3, 0.4) is 0 Å². The number of fused-ring (bicyclic) bond motifs is 1. The molecule has 1 aromatic carbocycles. The van der Waals surface area contributed by atoms with Gasteiger partial charge in [-0.05, 0) is 44.1 Å². The van der Waals surface area contributed by atoms with Gasteiger partial charge in [0.25, 0.3) is 5.91 Å². The fourth-order valence-corrected chi connectivity index (χ4v) is 2.95. The summed E-state index contributed by atoms with van der Waals surface area (Å²) in [5, 5.41) is 9.24. The Bertz CT molecular complexity index is 591. The second-order valence-electron chi connectivity index (χ2n) is 5.95. The highest BCUT2D eigenvalue weighted by atomic mass is 35.5. The number of hydrogen-bond donors (Lipinski definition) is 3. The first kappa shape index (κ1) is 20.5. The lowest BCUT2D eigenvalue weighted by Gasteiger charge is -2.24. The minimum Gasteiger partial charge on any atom is -0.372 e. The molecule has 2 amide bonds. The Hall–Kier alpha value is -1.50. The van der Waals surface area contributed by atoms with E-state index in [0.29, 0.717) is 24.2 Å². The van der Waals surface area contributed by atoms with E-state index in [9.17, 15) is 9.59 Å². The van der Waals surface area contributed by atoms with Crippen molar-refractivity contribution in [2.75, 3.05) is 36.9 Å². The van der Waals surface area contributed by atoms with Gasteiger partial charge >= 0.3 is 0 Å². The van der Waals surface area contributed by atoms with Crippen LogP contribution in [-0.2, 0) is 4.79 Å². The van der Waals surface area contributed by atoms with Gasteiger partial charge in [-0.1, -0.05) is 0 Å². The van der Waals surface area contributed by atoms with Crippen LogP contribution in [0, 0.1) is 0 Å². The van der Waals surface area contributed by atoms with Gasteiger partial charge in [0.2, 0.25) is 5.91 Å². The summed E-state index contributed by atoms with van der Waals surface area (Å²) in [6.07, 6.45) is 2.37. The Balaban J connectivity index is 0.00000144. The molecule has 2 aliphatic heterocycles. The molecule has 6 nitrogen and oxygen atoms in total. The first-order chi connectivity index (χ1) is 10.6. The quantitative estimate of drug-likeness (QED) is 0.737. The normalized spacial score (nSPS) is 17.5. The molecule has 1 fully saturated rings. The number of rotatable bonds is 2. The molecule has 2 heterocycles. The molecule has 8 heteroatoms. The number of amides is 2. The molecule has 0 unspecified atom stereocenters. The van der Waals surface area contributed by atoms with Gasteiger partial charge in [0.1, 0.15) is 0 Å². The van der Waals surface area contributed by atoms with Crippen molar-refractivity contribution >= 4 is 48.0 Å². The average molecular weight is 375 g/mol. The summed E-state index contributed by atoms with van der Waals surface area (Å²) in [6.45, 7) is 2.56. The van der Waals surface area contributed by atoms with Crippen molar-refractivity contribution in [2.45, 2.75) is 25.3 Å². The van der Waals surface area contributed by atoms with Crippen molar-refractivity contribution < 1.29 is 9.59 Å². The molecular weight excluding hydrogens is 351 g/mol. The van der Waals surface area contributed by atoms with E-state index in [2.05, 4.69) is 16.0 Å². The van der Waals surface area contributed by atoms with Crippen LogP contribution >= 0.6 is 24.8 Å². The van der Waals surface area contributed by atoms with Crippen LogP contribution in [0.4, 0.5) is 11.4 Å². The maximum atomic E-state index is 12.4. The minimum absolute atomic E-state index is 0. The predicted octanol–water partition coefficient (Wildman–Crippen LogP) is 1.79. The molecule has 0 aromatic heterocycles. The molecule has 0 spiro atoms. The number of anilines is 2. The van der Waals surface area contributed by atoms with Crippen LogP contribution in [0.2, 0.25) is 0 Å². The summed E-state index contributed by atoms with van der Waals surface area (Å²) in [5.41, 5.74) is 2.25. The Labute approximate surface area is 154 Å². The van der Waals surface area contributed by atoms with Crippen LogP contribution in [-0.4, -0.2) is 44.5 Å². The van der Waals surface area contributed by atoms with Gasteiger partial charge in [-0.3, -0.25) is 9.59 Å². The van der Waals surface area contributed by atoms with E-state index < -0.39 is 0 Å². The molecule has 134 valence electrons. The molecule has 0 radical (unpaired) electrons. The van der Waals surface area contributed by atoms with Gasteiger partial charge in [-0.25, -0.2) is 0 Å². The number of nitrogens with one attached hydrogen (secondary N) is 3. The second kappa shape index (κ2) is 9.11. The van der Waals surface area contributed by atoms with Crippen molar-refractivity contribution in [3.63, 3.8) is 0 Å². The zero-order valence-corrected chi connectivity index (χ0v) is 15.3. The second-order valence-corrected chi connectivity index (χ2v) is 5.95. The Morgan fingerprint density at radius 1 is 1.25 bits per heavy atom. The lowest BCUT2D eigenvalue weighted by Crippen LogP contribution is -2.42. The van der Waals surface area contributed by atoms with Crippen LogP contribution in [0.5, 0.6) is 0 Å². The third-order valence-corrected chi connectivity index (χ3v) is 4.29. The van der Waals surface area contributed by atoms with Gasteiger partial charge < -0.3 is 20.9 Å². The highest BCUT2D eigenvalue weighted by Gasteiger charge is 2.20. The molecule has 3 rings (SSSR count). The minimum atomic E-state index is -0.0733. The summed E-state index contributed by atoms with van der Waals surface area (Å²) in [6, 6.07) is 5.72. The molecule has 0 bridgehead atoms. The van der Waals surface area contributed by atoms with Crippen molar-refractivity contribution in [1.29, 1.82) is 0 Å². The van der Waals surface area contributed by atoms with E-state index in [4.69, 9.17) is 0 Å². The molecule has 0 atom stereocenters. The maximum Gasteiger partial charge on any atom is 0.251 e. The van der Waals surface area contributed by atoms with E-state index in [1.165, 1.54) is 0 Å². The standard InChI is InChI=1S/C16H22N4O2.2ClH/c1-20-9-6-15(21)19-13-10-11(2-3-14(13)20)16(22)18-12-4-7-17-8-5-12;;/h2-3,10,12,17H,4-9H2,1H3,(H,18,22)(H,19,21);2*1H. The number of piperidine rings is 1. The van der Waals surface area contributed by atoms with Gasteiger partial charge in [-0.2, -0.15) is 0 Å². The SMILES string of the molecule is CN1CCC(=O)Nc2cc(C(=O)NC3CCNCC3)ccc21.Cl.Cl. The van der Waals surface area contributed by atoms with Gasteiger partial charge in [0.15, 0.2) is 0 Å². The van der Waals surface area contributed by atoms with E-state index in [1.54, 1.807) is 6.07 Å². The number of halogens is 2. The average Bonchev–Trinajstić information content (AvgIpc) is 2.67. The number of benzene rings is 1. The summed E-state index contributed by atoms with van der Waals surface area (Å²) in [5.74, 6) is -0.0858. The molecule has 24 heavy (non-hydrogen) atoms. The van der Waals surface area contributed by atoms with E-state index in [0.717, 1.165) is 31.6 Å². The highest BCUT2D eigenvalue weighted by molar-refractivity contribution is 6.01. The number of carbonyl (C=O) groups excluding carboxylic acids is 2. The predicted molar refractivity (Wildman–Crippen MR) is 101 cm³/mol. The van der Waals surface area contributed by atoms with Crippen LogP contribution in [0.25, 0.3) is 0 Å². The Morgan fingerprint density at radius 3 is 2.67 bits per heavy atom. The smallest absolute Gasteiger partial charge is 0.251 e. The third kappa shape index (κ3) is 4.75. The first-order valence-corrected chi connectivity index (χ1v) is 7.80. The third-order valence-electron chi connectivity index (χ3n) is 4.29. The first-order valence-electron chi connectivity index (χ1n) is 7.80. The number of carbonyl (C=O) groups is 2. The van der Waals surface area contributed by atoms with E-state index in [-0.39, 0.29) is 42.7 Å². The Kier molecular flexibility index (Phi) is 7.79. The summed E-state index contributed by atoms with van der Waals surface area (Å²) in [4.78, 5) is 26.2. The number of hydrogen-bond acceptors (Lipinski definition) is 4. The van der Waals surface area contributed by atoms with Crippen molar-refractivity contribution in [3.05, 3.63) is 23.8 Å². The lowest BCUT2D eigenvalue weighted by atomic mass is 10.1. The Morgan fingerprint density at radius 2 is 1.96 bits per heavy atom. The fraction of sp³-hybridized carbons (Fsp3) is 0.500. The van der Waals surface area contributed by atoms with Crippen LogP contribution in [0.15, 0.2) is 18.2 Å². The van der Waals surface area contributed by atoms with Gasteiger partial charge in [0, 0.05) is 31.6 Å². The van der Waals surface area contributed by atoms with E-state index in [1.807, 2.05) is 24.1 Å². The van der Waals surface area contributed by atoms with E-state index >= 15 is 0 Å². The molecule has 3 N–H and O–H groups in total. The lowest BCUT2D eigenvalue weighted by molar-refractivity contribution is -0.115. The molecule has 1 aromatic rings. The maximum absolute atomic E-state index is 12.4. The monoisotopic (exact) mass is 374 g/mol. The van der Waals surface area contributed by atoms with Crippen molar-refractivity contribution in [3.8, 4) is 0 Å². The highest BCUT2D eigenvalue weighted by Crippen LogP contribution is 2.28. The zero-order valence-electron chi connectivity index (χ0n) is 13.6. The van der Waals surface area contributed by atoms with Crippen molar-refractivity contribution in [2.24, 2.45) is 0 Å². The summed E-state index contributed by atoms with van der Waals surface area (Å²) in [7, 11) is 1.95. The molecular formula is C16H24Cl2N4O2. The molecule has 1 saturated heterocycles. The largest absolute Gasteiger partial charge is 0.372 e. The van der Waals surface area contributed by atoms with Crippen molar-refractivity contribution in [1.82, 2.24) is 10.6 Å². The summed E-state index contributed by atoms with van der Waals surface area (Å²) < 4.78 is 0. The zero-order chi connectivity index (χ0) is 15.5. The molecule has 0 aliphatic carbocycles. The topological polar surface area (TPSA) is 73.5 Å². The fourth-order valence-electron chi connectivity index (χ4n) is 2.95. The van der Waals surface area contributed by atoms with Gasteiger partial charge in [-0.15, -0.1) is 24.8 Å². The molecule has 0 saturated carbocycles. The molecule has 2 aliphatic rings. The number of nitrogens with zero attached hydrogens (tertiary/aromatic N) is 1. The summed E-state index contributed by atoms with van der Waals surface area (Å²) >= 11 is 0. The van der Waals surface area contributed by atoms with Crippen LogP contribution in [0.1, 0.15) is 29.6 Å². The van der Waals surface area contributed by atoms with Gasteiger partial charge in [0.05, 0.1) is 11.4 Å².